The number of hydrogen-bond donors (Lipinski definition) is 2. The molecule has 2 N–H and O–H groups in total. The molecule has 0 aliphatic rings. The van der Waals surface area contributed by atoms with Crippen LogP contribution in [0.3, 0.4) is 0 Å². The van der Waals surface area contributed by atoms with Crippen molar-refractivity contribution in [3.63, 3.8) is 0 Å². The third-order valence-electron chi connectivity index (χ3n) is 4.14. The summed E-state index contributed by atoms with van der Waals surface area (Å²) in [6, 6.07) is 5.04. The molecule has 4 aromatic rings. The van der Waals surface area contributed by atoms with Gasteiger partial charge in [-0.25, -0.2) is 14.2 Å². The maximum Gasteiger partial charge on any atom is 0.323 e. The quantitative estimate of drug-likeness (QED) is 0.455. The second-order valence-corrected chi connectivity index (χ2v) is 8.47. The van der Waals surface area contributed by atoms with Gasteiger partial charge in [0.15, 0.2) is 5.01 Å². The largest absolute Gasteiger partial charge is 0.424 e. The molecule has 10 nitrogen and oxygen atoms in total. The van der Waals surface area contributed by atoms with Gasteiger partial charge in [-0.3, -0.25) is 4.68 Å². The average molecular weight is 454 g/mol. The van der Waals surface area contributed by atoms with Crippen LogP contribution in [0.15, 0.2) is 48.4 Å². The summed E-state index contributed by atoms with van der Waals surface area (Å²) in [6.45, 7) is 5.95. The summed E-state index contributed by atoms with van der Waals surface area (Å²) in [5.41, 5.74) is 2.32. The van der Waals surface area contributed by atoms with Crippen LogP contribution in [-0.4, -0.2) is 36.0 Å². The van der Waals surface area contributed by atoms with E-state index in [0.717, 1.165) is 0 Å². The van der Waals surface area contributed by atoms with E-state index in [1.807, 2.05) is 20.8 Å². The zero-order chi connectivity index (χ0) is 22.7. The van der Waals surface area contributed by atoms with E-state index in [1.165, 1.54) is 41.9 Å². The lowest BCUT2D eigenvalue weighted by Gasteiger charge is -2.18. The number of hydrogen-bond acceptors (Lipinski definition) is 8. The monoisotopic (exact) mass is 454 g/mol. The smallest absolute Gasteiger partial charge is 0.323 e. The van der Waals surface area contributed by atoms with Crippen LogP contribution in [0.2, 0.25) is 0 Å². The minimum atomic E-state index is -0.624. The Balaban J connectivity index is 1.45. The van der Waals surface area contributed by atoms with E-state index in [4.69, 9.17) is 4.74 Å². The van der Waals surface area contributed by atoms with Gasteiger partial charge in [-0.05, 0) is 39.0 Å². The molecule has 0 saturated heterocycles. The Morgan fingerprint density at radius 3 is 2.78 bits per heavy atom. The number of carbonyl (C=O) groups is 1. The highest BCUT2D eigenvalue weighted by Crippen LogP contribution is 2.26. The summed E-state index contributed by atoms with van der Waals surface area (Å²) < 4.78 is 21.6. The van der Waals surface area contributed by atoms with Crippen molar-refractivity contribution in [3.05, 3.63) is 54.2 Å². The Kier molecular flexibility index (Phi) is 5.77. The summed E-state index contributed by atoms with van der Waals surface area (Å²) in [5.74, 6) is -0.377. The SMILES string of the molecule is CC(C)(C)n1cc(NC(=O)Nc2cc(Oc3nccc(-c4nncs4)n3)ccc2F)cn1. The van der Waals surface area contributed by atoms with Crippen molar-refractivity contribution in [2.45, 2.75) is 26.3 Å². The molecule has 0 bridgehead atoms. The van der Waals surface area contributed by atoms with E-state index >= 15 is 0 Å². The number of rotatable bonds is 5. The highest BCUT2D eigenvalue weighted by Gasteiger charge is 2.16. The van der Waals surface area contributed by atoms with Gasteiger partial charge in [0, 0.05) is 18.5 Å². The summed E-state index contributed by atoms with van der Waals surface area (Å²) in [5, 5.41) is 17.7. The summed E-state index contributed by atoms with van der Waals surface area (Å²) >= 11 is 1.33. The second kappa shape index (κ2) is 8.67. The van der Waals surface area contributed by atoms with Gasteiger partial charge in [-0.1, -0.05) is 11.3 Å². The predicted molar refractivity (Wildman–Crippen MR) is 117 cm³/mol. The number of nitrogens with zero attached hydrogens (tertiary/aromatic N) is 6. The number of urea groups is 1. The first kappa shape index (κ1) is 21.3. The van der Waals surface area contributed by atoms with Gasteiger partial charge in [0.2, 0.25) is 0 Å². The second-order valence-electron chi connectivity index (χ2n) is 7.64. The molecule has 0 unspecified atom stereocenters. The Morgan fingerprint density at radius 1 is 1.22 bits per heavy atom. The zero-order valence-electron chi connectivity index (χ0n) is 17.4. The van der Waals surface area contributed by atoms with Crippen LogP contribution in [0.1, 0.15) is 20.8 Å². The summed E-state index contributed by atoms with van der Waals surface area (Å²) in [7, 11) is 0. The molecule has 12 heteroatoms. The van der Waals surface area contributed by atoms with Gasteiger partial charge in [-0.2, -0.15) is 10.1 Å². The van der Waals surface area contributed by atoms with E-state index in [0.29, 0.717) is 16.4 Å². The highest BCUT2D eigenvalue weighted by molar-refractivity contribution is 7.12. The maximum absolute atomic E-state index is 14.3. The molecule has 0 fully saturated rings. The third-order valence-corrected chi connectivity index (χ3v) is 4.85. The van der Waals surface area contributed by atoms with Crippen LogP contribution in [0.5, 0.6) is 11.8 Å². The van der Waals surface area contributed by atoms with Gasteiger partial charge in [0.25, 0.3) is 0 Å². The van der Waals surface area contributed by atoms with E-state index < -0.39 is 11.8 Å². The Hall–Kier alpha value is -3.93. The lowest BCUT2D eigenvalue weighted by atomic mass is 10.1. The number of ether oxygens (including phenoxy) is 1. The average Bonchev–Trinajstić information content (AvgIpc) is 3.43. The van der Waals surface area contributed by atoms with Gasteiger partial charge in [-0.15, -0.1) is 10.2 Å². The first-order valence-electron chi connectivity index (χ1n) is 9.48. The van der Waals surface area contributed by atoms with Gasteiger partial charge in [0.05, 0.1) is 23.1 Å². The molecule has 3 heterocycles. The third kappa shape index (κ3) is 5.03. The van der Waals surface area contributed by atoms with Crippen molar-refractivity contribution >= 4 is 28.7 Å². The number of halogens is 1. The number of carbonyl (C=O) groups excluding carboxylic acids is 1. The molecule has 0 radical (unpaired) electrons. The standard InChI is InChI=1S/C20H19FN8O2S/c1-20(2,3)29-10-12(9-24-29)25-18(30)26-16-8-13(4-5-14(16)21)31-19-22-7-6-15(27-19)17-28-23-11-32-17/h4-11H,1-3H3,(H2,25,26,30). The van der Waals surface area contributed by atoms with Gasteiger partial charge in [0.1, 0.15) is 22.8 Å². The fourth-order valence-corrected chi connectivity index (χ4v) is 3.12. The normalized spacial score (nSPS) is 11.2. The molecular formula is C20H19FN8O2S. The minimum Gasteiger partial charge on any atom is -0.424 e. The lowest BCUT2D eigenvalue weighted by Crippen LogP contribution is -2.22. The van der Waals surface area contributed by atoms with E-state index in [9.17, 15) is 9.18 Å². The van der Waals surface area contributed by atoms with Gasteiger partial charge < -0.3 is 15.4 Å². The van der Waals surface area contributed by atoms with Crippen molar-refractivity contribution in [2.24, 2.45) is 0 Å². The summed E-state index contributed by atoms with van der Waals surface area (Å²) in [4.78, 5) is 20.7. The topological polar surface area (TPSA) is 120 Å². The molecule has 0 aliphatic carbocycles. The molecule has 0 spiro atoms. The van der Waals surface area contributed by atoms with E-state index in [-0.39, 0.29) is 23.0 Å². The lowest BCUT2D eigenvalue weighted by molar-refractivity contribution is 0.262. The first-order valence-corrected chi connectivity index (χ1v) is 10.4. The molecule has 2 amide bonds. The van der Waals surface area contributed by atoms with Gasteiger partial charge >= 0.3 is 12.0 Å². The number of nitrogens with one attached hydrogen (secondary N) is 2. The molecular weight excluding hydrogens is 435 g/mol. The van der Waals surface area contributed by atoms with Crippen LogP contribution in [0.25, 0.3) is 10.7 Å². The zero-order valence-corrected chi connectivity index (χ0v) is 18.2. The number of anilines is 2. The first-order chi connectivity index (χ1) is 15.3. The molecule has 164 valence electrons. The van der Waals surface area contributed by atoms with Crippen LogP contribution in [0.4, 0.5) is 20.6 Å². The molecule has 3 aromatic heterocycles. The maximum atomic E-state index is 14.3. The number of amides is 2. The Morgan fingerprint density at radius 2 is 2.06 bits per heavy atom. The van der Waals surface area contributed by atoms with Crippen LogP contribution < -0.4 is 15.4 Å². The predicted octanol–water partition coefficient (Wildman–Crippen LogP) is 4.52. The summed E-state index contributed by atoms with van der Waals surface area (Å²) in [6.07, 6.45) is 4.73. The van der Waals surface area contributed by atoms with Crippen molar-refractivity contribution in [2.75, 3.05) is 10.6 Å². The fourth-order valence-electron chi connectivity index (χ4n) is 2.60. The van der Waals surface area contributed by atoms with Crippen LogP contribution in [-0.2, 0) is 5.54 Å². The molecule has 0 atom stereocenters. The number of aromatic nitrogens is 6. The van der Waals surface area contributed by atoms with E-state index in [2.05, 4.69) is 35.9 Å². The molecule has 0 aliphatic heterocycles. The Labute approximate surface area is 186 Å². The van der Waals surface area contributed by atoms with Crippen molar-refractivity contribution in [3.8, 4) is 22.5 Å². The molecule has 1 aromatic carbocycles. The Bertz CT molecular complexity index is 1240. The van der Waals surface area contributed by atoms with Crippen molar-refractivity contribution in [1.82, 2.24) is 29.9 Å². The van der Waals surface area contributed by atoms with Crippen LogP contribution in [0, 0.1) is 5.82 Å². The molecule has 32 heavy (non-hydrogen) atoms. The fraction of sp³-hybridized carbons (Fsp3) is 0.200. The molecule has 4 rings (SSSR count). The molecule has 0 saturated carbocycles. The van der Waals surface area contributed by atoms with E-state index in [1.54, 1.807) is 22.5 Å². The van der Waals surface area contributed by atoms with Crippen molar-refractivity contribution < 1.29 is 13.9 Å². The van der Waals surface area contributed by atoms with Crippen molar-refractivity contribution in [1.29, 1.82) is 0 Å². The van der Waals surface area contributed by atoms with Crippen LogP contribution >= 0.6 is 11.3 Å². The number of benzene rings is 1. The minimum absolute atomic E-state index is 0.0503. The highest BCUT2D eigenvalue weighted by atomic mass is 32.1.